The number of hydrogen-bond acceptors (Lipinski definition) is 4. The van der Waals surface area contributed by atoms with Gasteiger partial charge in [0.2, 0.25) is 0 Å². The van der Waals surface area contributed by atoms with Crippen molar-refractivity contribution in [2.75, 3.05) is 12.4 Å². The van der Waals surface area contributed by atoms with Gasteiger partial charge in [-0.05, 0) is 31.7 Å². The van der Waals surface area contributed by atoms with Crippen molar-refractivity contribution in [1.29, 1.82) is 0 Å². The zero-order valence-corrected chi connectivity index (χ0v) is 11.2. The molecule has 0 saturated carbocycles. The van der Waals surface area contributed by atoms with Crippen molar-refractivity contribution in [1.82, 2.24) is 10.3 Å². The van der Waals surface area contributed by atoms with E-state index in [1.165, 1.54) is 11.3 Å². The molecule has 0 spiro atoms. The molecule has 2 aromatic rings. The number of nitrogens with one attached hydrogen (secondary N) is 2. The van der Waals surface area contributed by atoms with E-state index in [1.807, 2.05) is 38.2 Å². The number of amides is 1. The quantitative estimate of drug-likeness (QED) is 0.888. The molecule has 5 heteroatoms. The Bertz CT molecular complexity index is 551. The molecule has 0 aliphatic rings. The first-order chi connectivity index (χ1) is 8.69. The molecule has 0 radical (unpaired) electrons. The molecule has 1 aromatic carbocycles. The van der Waals surface area contributed by atoms with Crippen LogP contribution in [0.4, 0.5) is 5.69 Å². The molecule has 4 nitrogen and oxygen atoms in total. The van der Waals surface area contributed by atoms with Crippen molar-refractivity contribution in [3.63, 3.8) is 0 Å². The van der Waals surface area contributed by atoms with E-state index in [4.69, 9.17) is 0 Å². The van der Waals surface area contributed by atoms with Crippen LogP contribution in [0.5, 0.6) is 0 Å². The number of nitrogens with zero attached hydrogens (tertiary/aromatic N) is 1. The summed E-state index contributed by atoms with van der Waals surface area (Å²) in [5.41, 5.74) is 1.94. The highest BCUT2D eigenvalue weighted by atomic mass is 32.1. The average Bonchev–Trinajstić information content (AvgIpc) is 2.77. The number of aromatic nitrogens is 1. The molecule has 1 aromatic heterocycles. The molecule has 2 rings (SSSR count). The van der Waals surface area contributed by atoms with E-state index in [0.717, 1.165) is 22.8 Å². The highest BCUT2D eigenvalue weighted by Gasteiger charge is 2.09. The van der Waals surface area contributed by atoms with E-state index < -0.39 is 0 Å². The Morgan fingerprint density at radius 1 is 1.44 bits per heavy atom. The largest absolute Gasteiger partial charge is 0.321 e. The van der Waals surface area contributed by atoms with Crippen LogP contribution >= 0.6 is 11.3 Å². The maximum Gasteiger partial charge on any atom is 0.267 e. The van der Waals surface area contributed by atoms with Crippen molar-refractivity contribution < 1.29 is 4.79 Å². The standard InChI is InChI=1S/C13H15N3OS/c1-9-15-8-12(18-9)13(17)16-11-5-3-4-10(6-11)7-14-2/h3-6,8,14H,7H2,1-2H3,(H,16,17). The monoisotopic (exact) mass is 261 g/mol. The van der Waals surface area contributed by atoms with Crippen LogP contribution in [0.15, 0.2) is 30.5 Å². The van der Waals surface area contributed by atoms with Crippen molar-refractivity contribution >= 4 is 22.9 Å². The summed E-state index contributed by atoms with van der Waals surface area (Å²) in [6.45, 7) is 2.67. The predicted octanol–water partition coefficient (Wildman–Crippen LogP) is 2.42. The van der Waals surface area contributed by atoms with Crippen molar-refractivity contribution in [3.8, 4) is 0 Å². The lowest BCUT2D eigenvalue weighted by Crippen LogP contribution is -2.11. The fourth-order valence-corrected chi connectivity index (χ4v) is 2.30. The zero-order valence-electron chi connectivity index (χ0n) is 10.4. The third-order valence-corrected chi connectivity index (χ3v) is 3.32. The molecule has 1 heterocycles. The van der Waals surface area contributed by atoms with Crippen LogP contribution in [0.25, 0.3) is 0 Å². The normalized spacial score (nSPS) is 10.3. The second-order valence-electron chi connectivity index (χ2n) is 3.93. The Morgan fingerprint density at radius 2 is 2.28 bits per heavy atom. The highest BCUT2D eigenvalue weighted by Crippen LogP contribution is 2.15. The second-order valence-corrected chi connectivity index (χ2v) is 5.16. The number of rotatable bonds is 4. The topological polar surface area (TPSA) is 54.0 Å². The Hall–Kier alpha value is -1.72. The number of anilines is 1. The number of hydrogen-bond donors (Lipinski definition) is 2. The molecular formula is C13H15N3OS. The summed E-state index contributed by atoms with van der Waals surface area (Å²) in [6.07, 6.45) is 1.60. The first kappa shape index (κ1) is 12.7. The van der Waals surface area contributed by atoms with Crippen LogP contribution in [-0.4, -0.2) is 17.9 Å². The SMILES string of the molecule is CNCc1cccc(NC(=O)c2cnc(C)s2)c1. The van der Waals surface area contributed by atoms with E-state index in [0.29, 0.717) is 4.88 Å². The molecule has 0 aliphatic carbocycles. The number of aryl methyl sites for hydroxylation is 1. The lowest BCUT2D eigenvalue weighted by atomic mass is 10.2. The number of benzene rings is 1. The second kappa shape index (κ2) is 5.75. The summed E-state index contributed by atoms with van der Waals surface area (Å²) in [5.74, 6) is -0.109. The van der Waals surface area contributed by atoms with Crippen molar-refractivity contribution in [2.24, 2.45) is 0 Å². The van der Waals surface area contributed by atoms with Crippen molar-refractivity contribution in [2.45, 2.75) is 13.5 Å². The Labute approximate surface area is 110 Å². The summed E-state index contributed by atoms with van der Waals surface area (Å²) in [7, 11) is 1.89. The van der Waals surface area contributed by atoms with Gasteiger partial charge in [-0.2, -0.15) is 0 Å². The van der Waals surface area contributed by atoms with Crippen LogP contribution in [0, 0.1) is 6.92 Å². The molecule has 18 heavy (non-hydrogen) atoms. The predicted molar refractivity (Wildman–Crippen MR) is 74.0 cm³/mol. The van der Waals surface area contributed by atoms with Gasteiger partial charge in [-0.3, -0.25) is 4.79 Å². The van der Waals surface area contributed by atoms with Gasteiger partial charge in [-0.1, -0.05) is 12.1 Å². The van der Waals surface area contributed by atoms with Crippen LogP contribution in [-0.2, 0) is 6.54 Å². The summed E-state index contributed by atoms with van der Waals surface area (Å²) in [6, 6.07) is 7.79. The molecule has 0 fully saturated rings. The molecule has 1 amide bonds. The van der Waals surface area contributed by atoms with Crippen LogP contribution < -0.4 is 10.6 Å². The lowest BCUT2D eigenvalue weighted by molar-refractivity contribution is 0.103. The fourth-order valence-electron chi connectivity index (χ4n) is 1.62. The average molecular weight is 261 g/mol. The first-order valence-electron chi connectivity index (χ1n) is 5.66. The molecule has 2 N–H and O–H groups in total. The lowest BCUT2D eigenvalue weighted by Gasteiger charge is -2.06. The molecule has 0 aliphatic heterocycles. The minimum atomic E-state index is -0.109. The third kappa shape index (κ3) is 3.15. The number of carbonyl (C=O) groups is 1. The zero-order chi connectivity index (χ0) is 13.0. The van der Waals surface area contributed by atoms with Gasteiger partial charge in [-0.15, -0.1) is 11.3 Å². The molecule has 0 atom stereocenters. The summed E-state index contributed by atoms with van der Waals surface area (Å²) in [4.78, 5) is 16.6. The third-order valence-electron chi connectivity index (χ3n) is 2.41. The van der Waals surface area contributed by atoms with E-state index in [9.17, 15) is 4.79 Å². The highest BCUT2D eigenvalue weighted by molar-refractivity contribution is 7.13. The van der Waals surface area contributed by atoms with Gasteiger partial charge in [0.25, 0.3) is 5.91 Å². The summed E-state index contributed by atoms with van der Waals surface area (Å²) < 4.78 is 0. The van der Waals surface area contributed by atoms with E-state index in [-0.39, 0.29) is 5.91 Å². The van der Waals surface area contributed by atoms with Gasteiger partial charge in [-0.25, -0.2) is 4.98 Å². The van der Waals surface area contributed by atoms with Gasteiger partial charge >= 0.3 is 0 Å². The minimum absolute atomic E-state index is 0.109. The van der Waals surface area contributed by atoms with Gasteiger partial charge in [0, 0.05) is 12.2 Å². The maximum atomic E-state index is 11.9. The number of carbonyl (C=O) groups excluding carboxylic acids is 1. The smallest absolute Gasteiger partial charge is 0.267 e. The Morgan fingerprint density at radius 3 is 2.94 bits per heavy atom. The van der Waals surface area contributed by atoms with E-state index >= 15 is 0 Å². The maximum absolute atomic E-state index is 11.9. The van der Waals surface area contributed by atoms with Crippen LogP contribution in [0.1, 0.15) is 20.2 Å². The van der Waals surface area contributed by atoms with Crippen molar-refractivity contribution in [3.05, 3.63) is 45.9 Å². The van der Waals surface area contributed by atoms with E-state index in [2.05, 4.69) is 15.6 Å². The minimum Gasteiger partial charge on any atom is -0.321 e. The van der Waals surface area contributed by atoms with Crippen LogP contribution in [0.2, 0.25) is 0 Å². The van der Waals surface area contributed by atoms with Gasteiger partial charge in [0.05, 0.1) is 11.2 Å². The fraction of sp³-hybridized carbons (Fsp3) is 0.231. The molecule has 0 saturated heterocycles. The van der Waals surface area contributed by atoms with E-state index in [1.54, 1.807) is 6.20 Å². The summed E-state index contributed by atoms with van der Waals surface area (Å²) >= 11 is 1.39. The Balaban J connectivity index is 2.09. The molecule has 0 bridgehead atoms. The number of thiazole rings is 1. The first-order valence-corrected chi connectivity index (χ1v) is 6.48. The summed E-state index contributed by atoms with van der Waals surface area (Å²) in [5, 5.41) is 6.85. The Kier molecular flexibility index (Phi) is 4.07. The van der Waals surface area contributed by atoms with Gasteiger partial charge in [0.1, 0.15) is 4.88 Å². The van der Waals surface area contributed by atoms with Gasteiger partial charge in [0.15, 0.2) is 0 Å². The van der Waals surface area contributed by atoms with Gasteiger partial charge < -0.3 is 10.6 Å². The molecule has 94 valence electrons. The van der Waals surface area contributed by atoms with Crippen LogP contribution in [0.3, 0.4) is 0 Å². The molecule has 0 unspecified atom stereocenters. The molecular weight excluding hydrogens is 246 g/mol.